The Morgan fingerprint density at radius 3 is 2.70 bits per heavy atom. The molecule has 0 saturated carbocycles. The van der Waals surface area contributed by atoms with E-state index in [1.807, 2.05) is 36.5 Å². The lowest BCUT2D eigenvalue weighted by Crippen LogP contribution is -1.98. The molecule has 0 aliphatic heterocycles. The summed E-state index contributed by atoms with van der Waals surface area (Å²) in [6.07, 6.45) is 4.82. The van der Waals surface area contributed by atoms with Crippen molar-refractivity contribution in [2.24, 2.45) is 0 Å². The van der Waals surface area contributed by atoms with Gasteiger partial charge in [-0.15, -0.1) is 0 Å². The largest absolute Gasteiger partial charge is 0.506 e. The molecule has 6 heteroatoms. The zero-order valence-corrected chi connectivity index (χ0v) is 12.2. The van der Waals surface area contributed by atoms with Crippen LogP contribution in [-0.2, 0) is 6.61 Å². The molecule has 23 heavy (non-hydrogen) atoms. The number of H-pyrrole nitrogens is 2. The molecule has 0 spiro atoms. The van der Waals surface area contributed by atoms with Crippen LogP contribution in [-0.4, -0.2) is 25.0 Å². The van der Waals surface area contributed by atoms with Crippen molar-refractivity contribution < 1.29 is 9.84 Å². The summed E-state index contributed by atoms with van der Waals surface area (Å²) in [5, 5.41) is 10.3. The number of ether oxygens (including phenoxy) is 1. The van der Waals surface area contributed by atoms with Crippen LogP contribution in [0.1, 0.15) is 5.56 Å². The summed E-state index contributed by atoms with van der Waals surface area (Å²) in [6, 6.07) is 11.6. The summed E-state index contributed by atoms with van der Waals surface area (Å²) in [5.74, 6) is 0.683. The van der Waals surface area contributed by atoms with Crippen molar-refractivity contribution in [3.05, 3.63) is 60.7 Å². The molecular formula is C17H14N4O2. The first kappa shape index (κ1) is 13.4. The van der Waals surface area contributed by atoms with E-state index >= 15 is 0 Å². The predicted octanol–water partition coefficient (Wildman–Crippen LogP) is 3.24. The Morgan fingerprint density at radius 1 is 1.04 bits per heavy atom. The number of aromatic nitrogens is 4. The van der Waals surface area contributed by atoms with Crippen LogP contribution >= 0.6 is 0 Å². The highest BCUT2D eigenvalue weighted by Crippen LogP contribution is 2.33. The number of hydrogen-bond acceptors (Lipinski definition) is 4. The number of hydrogen-bond donors (Lipinski definition) is 3. The van der Waals surface area contributed by atoms with Gasteiger partial charge in [0.15, 0.2) is 0 Å². The van der Waals surface area contributed by atoms with Crippen molar-refractivity contribution in [1.82, 2.24) is 19.9 Å². The fraction of sp³-hybridized carbons (Fsp3) is 0.0588. The van der Waals surface area contributed by atoms with E-state index in [0.29, 0.717) is 18.1 Å². The van der Waals surface area contributed by atoms with E-state index in [0.717, 1.165) is 22.2 Å². The van der Waals surface area contributed by atoms with E-state index in [1.54, 1.807) is 6.07 Å². The van der Waals surface area contributed by atoms with Crippen LogP contribution < -0.4 is 4.74 Å². The topological polar surface area (TPSA) is 86.8 Å². The maximum Gasteiger partial charge on any atom is 0.227 e. The Hall–Kier alpha value is -3.28. The molecular weight excluding hydrogens is 292 g/mol. The average molecular weight is 306 g/mol. The summed E-state index contributed by atoms with van der Waals surface area (Å²) in [7, 11) is 0. The molecule has 6 nitrogen and oxygen atoms in total. The molecule has 0 atom stereocenters. The van der Waals surface area contributed by atoms with E-state index in [4.69, 9.17) is 4.74 Å². The molecule has 4 rings (SSSR count). The van der Waals surface area contributed by atoms with E-state index in [-0.39, 0.29) is 5.75 Å². The molecule has 114 valence electrons. The van der Waals surface area contributed by atoms with Gasteiger partial charge in [0, 0.05) is 24.0 Å². The maximum absolute atomic E-state index is 9.54. The van der Waals surface area contributed by atoms with Crippen LogP contribution in [0.4, 0.5) is 0 Å². The molecule has 0 fully saturated rings. The normalized spacial score (nSPS) is 11.0. The Labute approximate surface area is 131 Å². The Morgan fingerprint density at radius 2 is 1.91 bits per heavy atom. The second kappa shape index (κ2) is 5.49. The lowest BCUT2D eigenvalue weighted by molar-refractivity contribution is 0.297. The summed E-state index contributed by atoms with van der Waals surface area (Å²) in [4.78, 5) is 14.6. The molecule has 0 radical (unpaired) electrons. The second-order valence-electron chi connectivity index (χ2n) is 5.15. The third-order valence-electron chi connectivity index (χ3n) is 3.61. The summed E-state index contributed by atoms with van der Waals surface area (Å²) < 4.78 is 5.89. The summed E-state index contributed by atoms with van der Waals surface area (Å²) in [5.41, 5.74) is 3.37. The molecule has 4 aromatic rings. The van der Waals surface area contributed by atoms with Crippen LogP contribution in [0.3, 0.4) is 0 Å². The fourth-order valence-electron chi connectivity index (χ4n) is 2.52. The number of rotatable bonds is 4. The van der Waals surface area contributed by atoms with Crippen LogP contribution in [0, 0.1) is 0 Å². The number of aromatic amines is 2. The smallest absolute Gasteiger partial charge is 0.227 e. The standard InChI is InChI=1S/C17H14N4O2/c22-12-6-14(18-7-12)13-8-19-16-15(13)17(21-10-20-16)23-9-11-4-2-1-3-5-11/h1-8,10,18,22H,9H2,(H,19,20,21). The van der Waals surface area contributed by atoms with Gasteiger partial charge in [-0.2, -0.15) is 0 Å². The molecule has 3 heterocycles. The summed E-state index contributed by atoms with van der Waals surface area (Å²) in [6.45, 7) is 0.424. The van der Waals surface area contributed by atoms with Gasteiger partial charge >= 0.3 is 0 Å². The van der Waals surface area contributed by atoms with E-state index in [1.165, 1.54) is 12.5 Å². The molecule has 0 amide bonds. The van der Waals surface area contributed by atoms with Crippen molar-refractivity contribution in [2.45, 2.75) is 6.61 Å². The zero-order valence-electron chi connectivity index (χ0n) is 12.2. The molecule has 0 bridgehead atoms. The minimum Gasteiger partial charge on any atom is -0.506 e. The molecule has 3 aromatic heterocycles. The Bertz CT molecular complexity index is 944. The van der Waals surface area contributed by atoms with Gasteiger partial charge in [-0.3, -0.25) is 0 Å². The monoisotopic (exact) mass is 306 g/mol. The zero-order chi connectivity index (χ0) is 15.6. The SMILES string of the molecule is Oc1c[nH]c(-c2c[nH]c3ncnc(OCc4ccccc4)c23)c1. The van der Waals surface area contributed by atoms with Gasteiger partial charge in [-0.25, -0.2) is 9.97 Å². The first-order chi connectivity index (χ1) is 11.3. The minimum absolute atomic E-state index is 0.179. The maximum atomic E-state index is 9.54. The number of nitrogens with one attached hydrogen (secondary N) is 2. The minimum atomic E-state index is 0.179. The Kier molecular flexibility index (Phi) is 3.20. The van der Waals surface area contributed by atoms with Gasteiger partial charge in [0.25, 0.3) is 0 Å². The van der Waals surface area contributed by atoms with E-state index < -0.39 is 0 Å². The molecule has 0 saturated heterocycles. The van der Waals surface area contributed by atoms with Crippen molar-refractivity contribution in [3.63, 3.8) is 0 Å². The number of benzene rings is 1. The highest BCUT2D eigenvalue weighted by molar-refractivity contribution is 5.96. The van der Waals surface area contributed by atoms with E-state index in [2.05, 4.69) is 19.9 Å². The van der Waals surface area contributed by atoms with Gasteiger partial charge in [0.2, 0.25) is 5.88 Å². The van der Waals surface area contributed by atoms with Crippen LogP contribution in [0.5, 0.6) is 11.6 Å². The van der Waals surface area contributed by atoms with Crippen molar-refractivity contribution >= 4 is 11.0 Å². The van der Waals surface area contributed by atoms with Gasteiger partial charge < -0.3 is 19.8 Å². The lowest BCUT2D eigenvalue weighted by Gasteiger charge is -2.07. The highest BCUT2D eigenvalue weighted by Gasteiger charge is 2.15. The van der Waals surface area contributed by atoms with Crippen molar-refractivity contribution in [3.8, 4) is 22.9 Å². The number of aromatic hydroxyl groups is 1. The fourth-order valence-corrected chi connectivity index (χ4v) is 2.52. The van der Waals surface area contributed by atoms with Gasteiger partial charge in [0.1, 0.15) is 24.3 Å². The van der Waals surface area contributed by atoms with Crippen molar-refractivity contribution in [1.29, 1.82) is 0 Å². The molecule has 3 N–H and O–H groups in total. The number of nitrogens with zero attached hydrogens (tertiary/aromatic N) is 2. The van der Waals surface area contributed by atoms with E-state index in [9.17, 15) is 5.11 Å². The third kappa shape index (κ3) is 2.50. The number of fused-ring (bicyclic) bond motifs is 1. The quantitative estimate of drug-likeness (QED) is 0.540. The van der Waals surface area contributed by atoms with Gasteiger partial charge in [-0.1, -0.05) is 30.3 Å². The van der Waals surface area contributed by atoms with Gasteiger partial charge in [0.05, 0.1) is 11.1 Å². The lowest BCUT2D eigenvalue weighted by atomic mass is 10.2. The first-order valence-corrected chi connectivity index (χ1v) is 7.18. The molecule has 0 aliphatic rings. The molecule has 0 unspecified atom stereocenters. The summed E-state index contributed by atoms with van der Waals surface area (Å²) >= 11 is 0. The predicted molar refractivity (Wildman–Crippen MR) is 86.1 cm³/mol. The van der Waals surface area contributed by atoms with Gasteiger partial charge in [-0.05, 0) is 5.56 Å². The first-order valence-electron chi connectivity index (χ1n) is 7.18. The van der Waals surface area contributed by atoms with Crippen molar-refractivity contribution in [2.75, 3.05) is 0 Å². The third-order valence-corrected chi connectivity index (χ3v) is 3.61. The highest BCUT2D eigenvalue weighted by atomic mass is 16.5. The second-order valence-corrected chi connectivity index (χ2v) is 5.15. The van der Waals surface area contributed by atoms with Crippen LogP contribution in [0.2, 0.25) is 0 Å². The molecule has 0 aliphatic carbocycles. The average Bonchev–Trinajstić information content (AvgIpc) is 3.20. The molecule has 1 aromatic carbocycles. The van der Waals surface area contributed by atoms with Crippen LogP contribution in [0.15, 0.2) is 55.1 Å². The van der Waals surface area contributed by atoms with Crippen LogP contribution in [0.25, 0.3) is 22.3 Å². The Balaban J connectivity index is 1.73.